The van der Waals surface area contributed by atoms with E-state index in [-0.39, 0.29) is 0 Å². The molecule has 2 heteroatoms. The van der Waals surface area contributed by atoms with Gasteiger partial charge >= 0.3 is 0 Å². The fraction of sp³-hybridized carbons (Fsp3) is 0.929. The van der Waals surface area contributed by atoms with Gasteiger partial charge in [-0.15, -0.1) is 0 Å². The van der Waals surface area contributed by atoms with Crippen molar-refractivity contribution in [2.24, 2.45) is 5.92 Å². The molecule has 1 saturated heterocycles. The lowest BCUT2D eigenvalue weighted by molar-refractivity contribution is -0.123. The van der Waals surface area contributed by atoms with Crippen LogP contribution in [0.5, 0.6) is 0 Å². The van der Waals surface area contributed by atoms with Crippen LogP contribution in [-0.4, -0.2) is 29.3 Å². The van der Waals surface area contributed by atoms with Crippen molar-refractivity contribution in [3.8, 4) is 0 Å². The number of hydrogen-bond acceptors (Lipinski definition) is 2. The summed E-state index contributed by atoms with van der Waals surface area (Å²) in [6.45, 7) is 6.85. The van der Waals surface area contributed by atoms with Crippen molar-refractivity contribution in [1.82, 2.24) is 4.90 Å². The van der Waals surface area contributed by atoms with E-state index in [2.05, 4.69) is 18.7 Å². The predicted molar refractivity (Wildman–Crippen MR) is 66.5 cm³/mol. The van der Waals surface area contributed by atoms with Crippen molar-refractivity contribution < 1.29 is 4.79 Å². The van der Waals surface area contributed by atoms with Gasteiger partial charge in [-0.05, 0) is 46.1 Å². The van der Waals surface area contributed by atoms with Crippen LogP contribution in [0.1, 0.15) is 58.8 Å². The number of ketones is 1. The van der Waals surface area contributed by atoms with Gasteiger partial charge in [-0.25, -0.2) is 0 Å². The van der Waals surface area contributed by atoms with Gasteiger partial charge in [0.05, 0.1) is 0 Å². The van der Waals surface area contributed by atoms with E-state index in [4.69, 9.17) is 0 Å². The molecule has 0 spiro atoms. The highest BCUT2D eigenvalue weighted by atomic mass is 16.1. The molecule has 92 valence electrons. The molecule has 2 rings (SSSR count). The summed E-state index contributed by atoms with van der Waals surface area (Å²) in [5.41, 5.74) is 0.326. The highest BCUT2D eigenvalue weighted by molar-refractivity contribution is 5.81. The van der Waals surface area contributed by atoms with Crippen molar-refractivity contribution in [3.05, 3.63) is 0 Å². The van der Waals surface area contributed by atoms with Gasteiger partial charge in [-0.2, -0.15) is 0 Å². The molecular formula is C14H25NO. The third-order valence-electron chi connectivity index (χ3n) is 4.44. The van der Waals surface area contributed by atoms with E-state index in [1.807, 2.05) is 0 Å². The second-order valence-corrected chi connectivity index (χ2v) is 6.12. The van der Waals surface area contributed by atoms with Crippen molar-refractivity contribution in [2.75, 3.05) is 13.1 Å². The predicted octanol–water partition coefficient (Wildman–Crippen LogP) is 3.01. The summed E-state index contributed by atoms with van der Waals surface area (Å²) in [5.74, 6) is 0.861. The van der Waals surface area contributed by atoms with Crippen molar-refractivity contribution >= 4 is 5.78 Å². The summed E-state index contributed by atoms with van der Waals surface area (Å²) in [6.07, 6.45) is 8.18. The van der Waals surface area contributed by atoms with E-state index in [0.29, 0.717) is 17.2 Å². The first-order valence-corrected chi connectivity index (χ1v) is 6.87. The number of carbonyl (C=O) groups excluding carboxylic acids is 1. The van der Waals surface area contributed by atoms with E-state index in [1.165, 1.54) is 32.2 Å². The number of nitrogens with zero attached hydrogens (tertiary/aromatic N) is 1. The molecule has 0 amide bonds. The van der Waals surface area contributed by atoms with E-state index in [9.17, 15) is 4.79 Å². The summed E-state index contributed by atoms with van der Waals surface area (Å²) < 4.78 is 0. The Kier molecular flexibility index (Phi) is 3.68. The SMILES string of the molecule is CC1(C)CCCN1CC1CCCCCC1=O. The minimum atomic E-state index is 0.326. The summed E-state index contributed by atoms with van der Waals surface area (Å²) in [5, 5.41) is 0. The van der Waals surface area contributed by atoms with Crippen molar-refractivity contribution in [1.29, 1.82) is 0 Å². The molecule has 0 aromatic rings. The molecule has 0 N–H and O–H groups in total. The van der Waals surface area contributed by atoms with Gasteiger partial charge in [-0.1, -0.05) is 12.8 Å². The van der Waals surface area contributed by atoms with Crippen LogP contribution in [-0.2, 0) is 4.79 Å². The Morgan fingerprint density at radius 1 is 1.25 bits per heavy atom. The highest BCUT2D eigenvalue weighted by Crippen LogP contribution is 2.31. The van der Waals surface area contributed by atoms with Crippen LogP contribution in [0, 0.1) is 5.92 Å². The maximum Gasteiger partial charge on any atom is 0.137 e. The molecule has 0 aromatic heterocycles. The third kappa shape index (κ3) is 2.65. The molecule has 0 radical (unpaired) electrons. The van der Waals surface area contributed by atoms with E-state index >= 15 is 0 Å². The van der Waals surface area contributed by atoms with Crippen LogP contribution in [0.4, 0.5) is 0 Å². The maximum absolute atomic E-state index is 12.0. The van der Waals surface area contributed by atoms with Crippen molar-refractivity contribution in [3.63, 3.8) is 0 Å². The lowest BCUT2D eigenvalue weighted by Gasteiger charge is -2.33. The number of hydrogen-bond donors (Lipinski definition) is 0. The lowest BCUT2D eigenvalue weighted by atomic mass is 9.95. The second kappa shape index (κ2) is 4.87. The quantitative estimate of drug-likeness (QED) is 0.671. The Bertz CT molecular complexity index is 259. The summed E-state index contributed by atoms with van der Waals surface area (Å²) in [6, 6.07) is 0. The van der Waals surface area contributed by atoms with Gasteiger partial charge in [0.25, 0.3) is 0 Å². The summed E-state index contributed by atoms with van der Waals surface area (Å²) in [4.78, 5) is 14.5. The first-order chi connectivity index (χ1) is 7.59. The van der Waals surface area contributed by atoms with Gasteiger partial charge in [0, 0.05) is 24.4 Å². The van der Waals surface area contributed by atoms with Crippen LogP contribution in [0.2, 0.25) is 0 Å². The van der Waals surface area contributed by atoms with Crippen molar-refractivity contribution in [2.45, 2.75) is 64.3 Å². The fourth-order valence-electron chi connectivity index (χ4n) is 3.19. The molecule has 1 saturated carbocycles. The standard InChI is InChI=1S/C14H25NO/c1-14(2)9-6-10-15(14)11-12-7-4-3-5-8-13(12)16/h12H,3-11H2,1-2H3. The number of Topliss-reactive ketones (excluding diaryl/α,β-unsaturated/α-hetero) is 1. The molecule has 1 atom stereocenters. The zero-order chi connectivity index (χ0) is 11.6. The Balaban J connectivity index is 1.94. The Labute approximate surface area is 99.4 Å². The van der Waals surface area contributed by atoms with Gasteiger partial charge in [0.15, 0.2) is 0 Å². The minimum absolute atomic E-state index is 0.326. The maximum atomic E-state index is 12.0. The van der Waals surface area contributed by atoms with Crippen LogP contribution >= 0.6 is 0 Å². The number of rotatable bonds is 2. The van der Waals surface area contributed by atoms with Gasteiger partial charge < -0.3 is 0 Å². The molecular weight excluding hydrogens is 198 g/mol. The van der Waals surface area contributed by atoms with E-state index < -0.39 is 0 Å². The first-order valence-electron chi connectivity index (χ1n) is 6.87. The van der Waals surface area contributed by atoms with Crippen LogP contribution < -0.4 is 0 Å². The van der Waals surface area contributed by atoms with Gasteiger partial charge in [0.2, 0.25) is 0 Å². The monoisotopic (exact) mass is 223 g/mol. The Morgan fingerprint density at radius 3 is 2.75 bits per heavy atom. The number of carbonyl (C=O) groups is 1. The van der Waals surface area contributed by atoms with E-state index in [0.717, 1.165) is 25.8 Å². The fourth-order valence-corrected chi connectivity index (χ4v) is 3.19. The Hall–Kier alpha value is -0.370. The lowest BCUT2D eigenvalue weighted by Crippen LogP contribution is -2.42. The highest BCUT2D eigenvalue weighted by Gasteiger charge is 2.34. The van der Waals surface area contributed by atoms with Gasteiger partial charge in [0.1, 0.15) is 5.78 Å². The molecule has 2 aliphatic rings. The van der Waals surface area contributed by atoms with E-state index in [1.54, 1.807) is 0 Å². The zero-order valence-electron chi connectivity index (χ0n) is 10.8. The second-order valence-electron chi connectivity index (χ2n) is 6.12. The first kappa shape index (κ1) is 12.1. The third-order valence-corrected chi connectivity index (χ3v) is 4.44. The molecule has 1 unspecified atom stereocenters. The Morgan fingerprint density at radius 2 is 2.06 bits per heavy atom. The smallest absolute Gasteiger partial charge is 0.137 e. The average molecular weight is 223 g/mol. The normalized spacial score (nSPS) is 31.6. The topological polar surface area (TPSA) is 20.3 Å². The molecule has 1 aliphatic carbocycles. The van der Waals surface area contributed by atoms with Gasteiger partial charge in [-0.3, -0.25) is 9.69 Å². The molecule has 2 nitrogen and oxygen atoms in total. The van der Waals surface area contributed by atoms with Crippen LogP contribution in [0.3, 0.4) is 0 Å². The van der Waals surface area contributed by atoms with Crippen LogP contribution in [0.25, 0.3) is 0 Å². The number of likely N-dealkylation sites (tertiary alicyclic amines) is 1. The molecule has 1 heterocycles. The molecule has 16 heavy (non-hydrogen) atoms. The minimum Gasteiger partial charge on any atom is -0.299 e. The average Bonchev–Trinajstić information content (AvgIpc) is 2.43. The summed E-state index contributed by atoms with van der Waals surface area (Å²) in [7, 11) is 0. The zero-order valence-corrected chi connectivity index (χ0v) is 10.8. The molecule has 1 aliphatic heterocycles. The molecule has 2 fully saturated rings. The largest absolute Gasteiger partial charge is 0.299 e. The summed E-state index contributed by atoms with van der Waals surface area (Å²) >= 11 is 0. The molecule has 0 bridgehead atoms. The molecule has 0 aromatic carbocycles. The van der Waals surface area contributed by atoms with Crippen LogP contribution in [0.15, 0.2) is 0 Å².